The molecule has 2 rings (SSSR count). The Hall–Kier alpha value is -1.28. The quantitative estimate of drug-likeness (QED) is 0.808. The fourth-order valence-corrected chi connectivity index (χ4v) is 2.43. The van der Waals surface area contributed by atoms with Crippen molar-refractivity contribution in [3.63, 3.8) is 0 Å². The van der Waals surface area contributed by atoms with Crippen molar-refractivity contribution in [2.45, 2.75) is 32.7 Å². The molecule has 2 N–H and O–H groups in total. The van der Waals surface area contributed by atoms with E-state index < -0.39 is 0 Å². The molecule has 2 heteroatoms. The van der Waals surface area contributed by atoms with E-state index in [-0.39, 0.29) is 6.04 Å². The number of nitrogens with two attached hydrogens (primary N) is 1. The molecule has 0 saturated carbocycles. The first kappa shape index (κ1) is 12.2. The normalized spacial score (nSPS) is 17.8. The molecule has 0 aromatic heterocycles. The van der Waals surface area contributed by atoms with E-state index in [1.807, 2.05) is 0 Å². The second-order valence-corrected chi connectivity index (χ2v) is 4.83. The lowest BCUT2D eigenvalue weighted by atomic mass is 10.0. The summed E-state index contributed by atoms with van der Waals surface area (Å²) >= 11 is 0. The summed E-state index contributed by atoms with van der Waals surface area (Å²) in [5, 5.41) is 0. The molecule has 1 atom stereocenters. The van der Waals surface area contributed by atoms with Crippen LogP contribution < -0.4 is 10.6 Å². The third-order valence-electron chi connectivity index (χ3n) is 3.45. The van der Waals surface area contributed by atoms with Crippen LogP contribution in [0, 0.1) is 0 Å². The zero-order valence-electron chi connectivity index (χ0n) is 10.8. The molecule has 0 amide bonds. The van der Waals surface area contributed by atoms with Gasteiger partial charge in [-0.2, -0.15) is 0 Å². The molecule has 0 fully saturated rings. The van der Waals surface area contributed by atoms with Crippen LogP contribution in [-0.2, 0) is 0 Å². The summed E-state index contributed by atoms with van der Waals surface area (Å²) in [6, 6.07) is 8.70. The summed E-state index contributed by atoms with van der Waals surface area (Å²) in [5.74, 6) is 0. The molecule has 0 bridgehead atoms. The van der Waals surface area contributed by atoms with Crippen molar-refractivity contribution >= 4 is 5.69 Å². The van der Waals surface area contributed by atoms with Gasteiger partial charge in [-0.15, -0.1) is 0 Å². The molecule has 1 unspecified atom stereocenters. The fourth-order valence-electron chi connectivity index (χ4n) is 2.43. The highest BCUT2D eigenvalue weighted by Gasteiger charge is 2.16. The minimum atomic E-state index is 0.150. The molecule has 2 nitrogen and oxygen atoms in total. The smallest absolute Gasteiger partial charge is 0.0417 e. The Bertz CT molecular complexity index is 409. The Morgan fingerprint density at radius 2 is 2.12 bits per heavy atom. The fraction of sp³-hybridized carbons (Fsp3) is 0.467. The summed E-state index contributed by atoms with van der Waals surface area (Å²) in [7, 11) is 0. The van der Waals surface area contributed by atoms with Gasteiger partial charge in [0, 0.05) is 24.8 Å². The van der Waals surface area contributed by atoms with Gasteiger partial charge in [0.2, 0.25) is 0 Å². The predicted molar refractivity (Wildman–Crippen MR) is 74.2 cm³/mol. The van der Waals surface area contributed by atoms with E-state index in [1.165, 1.54) is 16.8 Å². The maximum Gasteiger partial charge on any atom is 0.0417 e. The maximum absolute atomic E-state index is 6.20. The van der Waals surface area contributed by atoms with Gasteiger partial charge in [-0.25, -0.2) is 0 Å². The molecule has 1 aliphatic rings. The topological polar surface area (TPSA) is 29.3 Å². The lowest BCUT2D eigenvalue weighted by Gasteiger charge is -2.31. The molecule has 1 aromatic carbocycles. The summed E-state index contributed by atoms with van der Waals surface area (Å²) in [5.41, 5.74) is 10.2. The summed E-state index contributed by atoms with van der Waals surface area (Å²) in [6.45, 7) is 6.48. The van der Waals surface area contributed by atoms with Gasteiger partial charge in [-0.05, 0) is 31.4 Å². The minimum Gasteiger partial charge on any atom is -0.367 e. The van der Waals surface area contributed by atoms with Crippen LogP contribution in [0.15, 0.2) is 35.9 Å². The SMILES string of the molecule is CCC(N)c1ccccc1N1CCC=C(C)C1. The van der Waals surface area contributed by atoms with Crippen molar-refractivity contribution in [1.29, 1.82) is 0 Å². The third-order valence-corrected chi connectivity index (χ3v) is 3.45. The van der Waals surface area contributed by atoms with Gasteiger partial charge < -0.3 is 10.6 Å². The van der Waals surface area contributed by atoms with Crippen molar-refractivity contribution in [3.05, 3.63) is 41.5 Å². The lowest BCUT2D eigenvalue weighted by molar-refractivity contribution is 0.688. The van der Waals surface area contributed by atoms with Crippen LogP contribution >= 0.6 is 0 Å². The summed E-state index contributed by atoms with van der Waals surface area (Å²) in [4.78, 5) is 2.44. The van der Waals surface area contributed by atoms with Crippen molar-refractivity contribution < 1.29 is 0 Å². The van der Waals surface area contributed by atoms with Crippen LogP contribution in [-0.4, -0.2) is 13.1 Å². The van der Waals surface area contributed by atoms with Crippen molar-refractivity contribution in [2.24, 2.45) is 5.73 Å². The molecule has 92 valence electrons. The van der Waals surface area contributed by atoms with E-state index in [0.717, 1.165) is 25.9 Å². The first-order chi connectivity index (χ1) is 8.22. The van der Waals surface area contributed by atoms with Crippen molar-refractivity contribution in [1.82, 2.24) is 0 Å². The number of rotatable bonds is 3. The number of anilines is 1. The third kappa shape index (κ3) is 2.70. The monoisotopic (exact) mass is 230 g/mol. The van der Waals surface area contributed by atoms with Crippen LogP contribution in [0.4, 0.5) is 5.69 Å². The van der Waals surface area contributed by atoms with Crippen LogP contribution in [0.1, 0.15) is 38.3 Å². The molecule has 0 saturated heterocycles. The second kappa shape index (κ2) is 5.37. The van der Waals surface area contributed by atoms with Crippen LogP contribution in [0.3, 0.4) is 0 Å². The lowest BCUT2D eigenvalue weighted by Crippen LogP contribution is -2.30. The molecular weight excluding hydrogens is 208 g/mol. The average Bonchev–Trinajstić information content (AvgIpc) is 2.38. The van der Waals surface area contributed by atoms with E-state index >= 15 is 0 Å². The van der Waals surface area contributed by atoms with Gasteiger partial charge in [-0.3, -0.25) is 0 Å². The molecule has 1 aliphatic heterocycles. The zero-order chi connectivity index (χ0) is 12.3. The molecule has 1 heterocycles. The van der Waals surface area contributed by atoms with Crippen LogP contribution in [0.25, 0.3) is 0 Å². The zero-order valence-corrected chi connectivity index (χ0v) is 10.8. The Kier molecular flexibility index (Phi) is 3.85. The van der Waals surface area contributed by atoms with Crippen LogP contribution in [0.2, 0.25) is 0 Å². The van der Waals surface area contributed by atoms with E-state index in [9.17, 15) is 0 Å². The van der Waals surface area contributed by atoms with Gasteiger partial charge >= 0.3 is 0 Å². The molecule has 0 radical (unpaired) electrons. The molecule has 1 aromatic rings. The summed E-state index contributed by atoms with van der Waals surface area (Å²) in [6.07, 6.45) is 4.46. The second-order valence-electron chi connectivity index (χ2n) is 4.83. The first-order valence-corrected chi connectivity index (χ1v) is 6.47. The van der Waals surface area contributed by atoms with E-state index in [2.05, 4.69) is 49.1 Å². The number of hydrogen-bond donors (Lipinski definition) is 1. The number of benzene rings is 1. The Labute approximate surface area is 104 Å². The molecule has 17 heavy (non-hydrogen) atoms. The van der Waals surface area contributed by atoms with Crippen molar-refractivity contribution in [2.75, 3.05) is 18.0 Å². The largest absolute Gasteiger partial charge is 0.367 e. The van der Waals surface area contributed by atoms with Crippen molar-refractivity contribution in [3.8, 4) is 0 Å². The van der Waals surface area contributed by atoms with E-state index in [4.69, 9.17) is 5.73 Å². The molecular formula is C15H22N2. The first-order valence-electron chi connectivity index (χ1n) is 6.47. The van der Waals surface area contributed by atoms with Gasteiger partial charge in [0.05, 0.1) is 0 Å². The highest BCUT2D eigenvalue weighted by atomic mass is 15.1. The maximum atomic E-state index is 6.20. The number of para-hydroxylation sites is 1. The van der Waals surface area contributed by atoms with E-state index in [0.29, 0.717) is 0 Å². The predicted octanol–water partition coefficient (Wildman–Crippen LogP) is 3.25. The Balaban J connectivity index is 2.28. The highest BCUT2D eigenvalue weighted by Crippen LogP contribution is 2.28. The van der Waals surface area contributed by atoms with Crippen LogP contribution in [0.5, 0.6) is 0 Å². The average molecular weight is 230 g/mol. The highest BCUT2D eigenvalue weighted by molar-refractivity contribution is 5.56. The number of nitrogens with zero attached hydrogens (tertiary/aromatic N) is 1. The summed E-state index contributed by atoms with van der Waals surface area (Å²) < 4.78 is 0. The van der Waals surface area contributed by atoms with Gasteiger partial charge in [0.1, 0.15) is 0 Å². The minimum absolute atomic E-state index is 0.150. The van der Waals surface area contributed by atoms with Gasteiger partial charge in [-0.1, -0.05) is 36.8 Å². The molecule has 0 spiro atoms. The van der Waals surface area contributed by atoms with E-state index in [1.54, 1.807) is 0 Å². The van der Waals surface area contributed by atoms with Gasteiger partial charge in [0.25, 0.3) is 0 Å². The Morgan fingerprint density at radius 3 is 2.82 bits per heavy atom. The Morgan fingerprint density at radius 1 is 1.35 bits per heavy atom. The standard InChI is InChI=1S/C15H22N2/c1-3-14(16)13-8-4-5-9-15(13)17-10-6-7-12(2)11-17/h4-5,7-9,14H,3,6,10-11,16H2,1-2H3. The molecule has 0 aliphatic carbocycles. The van der Waals surface area contributed by atoms with Gasteiger partial charge in [0.15, 0.2) is 0 Å². The number of hydrogen-bond acceptors (Lipinski definition) is 2.